The molecule has 0 aliphatic heterocycles. The van der Waals surface area contributed by atoms with Gasteiger partial charge in [-0.05, 0) is 36.3 Å². The molecule has 1 saturated carbocycles. The van der Waals surface area contributed by atoms with E-state index in [9.17, 15) is 14.7 Å². The first kappa shape index (κ1) is 14.5. The summed E-state index contributed by atoms with van der Waals surface area (Å²) in [6.07, 6.45) is 2.97. The van der Waals surface area contributed by atoms with E-state index in [1.165, 1.54) is 8.89 Å². The number of aliphatic carboxylic acids is 1. The third-order valence-corrected chi connectivity index (χ3v) is 5.95. The highest BCUT2D eigenvalue weighted by Crippen LogP contribution is 2.34. The van der Waals surface area contributed by atoms with Crippen LogP contribution in [0, 0.1) is 12.8 Å². The van der Waals surface area contributed by atoms with E-state index in [0.29, 0.717) is 12.3 Å². The molecule has 3 rings (SSSR count). The van der Waals surface area contributed by atoms with E-state index < -0.39 is 12.0 Å². The normalized spacial score (nSPS) is 16.0. The molecule has 1 unspecified atom stereocenters. The van der Waals surface area contributed by atoms with Crippen molar-refractivity contribution in [3.8, 4) is 0 Å². The number of nitrogens with one attached hydrogen (secondary N) is 1. The first-order valence-corrected chi connectivity index (χ1v) is 8.71. The molecule has 112 valence electrons. The van der Waals surface area contributed by atoms with Crippen molar-refractivity contribution < 1.29 is 14.7 Å². The molecule has 1 aliphatic rings. The summed E-state index contributed by atoms with van der Waals surface area (Å²) >= 11 is 3.37. The molecule has 0 bridgehead atoms. The molecule has 2 heterocycles. The highest BCUT2D eigenvalue weighted by molar-refractivity contribution is 7.37. The van der Waals surface area contributed by atoms with Gasteiger partial charge in [0.1, 0.15) is 6.04 Å². The molecule has 2 aromatic rings. The van der Waals surface area contributed by atoms with Crippen molar-refractivity contribution in [1.82, 2.24) is 5.32 Å². The summed E-state index contributed by atoms with van der Waals surface area (Å²) in [5.74, 6) is -0.664. The molecule has 1 aliphatic carbocycles. The average Bonchev–Trinajstić information content (AvgIpc) is 3.05. The van der Waals surface area contributed by atoms with Gasteiger partial charge in [0.05, 0.1) is 10.4 Å². The van der Waals surface area contributed by atoms with Crippen molar-refractivity contribution in [3.05, 3.63) is 21.9 Å². The van der Waals surface area contributed by atoms with Crippen LogP contribution in [0.5, 0.6) is 0 Å². The molecule has 0 saturated heterocycles. The molecule has 0 spiro atoms. The largest absolute Gasteiger partial charge is 0.480 e. The van der Waals surface area contributed by atoms with Crippen LogP contribution in [0.2, 0.25) is 0 Å². The standard InChI is InChI=1S/C15H17NO3S2/c1-8-4-11-10(7-20-15(11)21-8)6-13(17)16-12(14(18)19)5-9-2-3-9/h4,7,9,12H,2-3,5-6H2,1H3,(H,16,17)(H,18,19). The monoisotopic (exact) mass is 323 g/mol. The number of hydrogen-bond donors (Lipinski definition) is 2. The maximum absolute atomic E-state index is 12.1. The topological polar surface area (TPSA) is 66.4 Å². The second kappa shape index (κ2) is 5.77. The Balaban J connectivity index is 1.65. The van der Waals surface area contributed by atoms with Crippen molar-refractivity contribution in [1.29, 1.82) is 0 Å². The lowest BCUT2D eigenvalue weighted by molar-refractivity contribution is -0.142. The molecule has 0 aromatic carbocycles. The van der Waals surface area contributed by atoms with E-state index in [2.05, 4.69) is 18.3 Å². The lowest BCUT2D eigenvalue weighted by Crippen LogP contribution is -2.41. The van der Waals surface area contributed by atoms with Crippen LogP contribution in [0.15, 0.2) is 11.4 Å². The Labute approximate surface area is 130 Å². The summed E-state index contributed by atoms with van der Waals surface area (Å²) in [5, 5.41) is 15.0. The van der Waals surface area contributed by atoms with Crippen LogP contribution in [0.4, 0.5) is 0 Å². The fourth-order valence-corrected chi connectivity index (χ4v) is 4.73. The Hall–Kier alpha value is -1.40. The average molecular weight is 323 g/mol. The molecule has 4 nitrogen and oxygen atoms in total. The minimum absolute atomic E-state index is 0.202. The summed E-state index contributed by atoms with van der Waals surface area (Å²) in [5.41, 5.74) is 0.993. The van der Waals surface area contributed by atoms with Crippen LogP contribution in [-0.2, 0) is 16.0 Å². The van der Waals surface area contributed by atoms with Crippen LogP contribution in [-0.4, -0.2) is 23.0 Å². The summed E-state index contributed by atoms with van der Waals surface area (Å²) in [6.45, 7) is 2.05. The minimum atomic E-state index is -0.933. The minimum Gasteiger partial charge on any atom is -0.480 e. The Kier molecular flexibility index (Phi) is 3.99. The van der Waals surface area contributed by atoms with Gasteiger partial charge in [0.15, 0.2) is 0 Å². The summed E-state index contributed by atoms with van der Waals surface area (Å²) < 4.78 is 1.23. The Morgan fingerprint density at radius 1 is 1.48 bits per heavy atom. The predicted molar refractivity (Wildman–Crippen MR) is 85.1 cm³/mol. The van der Waals surface area contributed by atoms with Crippen molar-refractivity contribution in [3.63, 3.8) is 0 Å². The third kappa shape index (κ3) is 3.44. The smallest absolute Gasteiger partial charge is 0.326 e. The molecule has 2 aromatic heterocycles. The van der Waals surface area contributed by atoms with Gasteiger partial charge in [0, 0.05) is 10.3 Å². The van der Waals surface area contributed by atoms with Crippen molar-refractivity contribution in [2.45, 2.75) is 38.6 Å². The predicted octanol–water partition coefficient (Wildman–Crippen LogP) is 3.18. The maximum Gasteiger partial charge on any atom is 0.326 e. The number of thiophene rings is 2. The number of carboxylic acids is 1. The van der Waals surface area contributed by atoms with Gasteiger partial charge in [-0.3, -0.25) is 4.79 Å². The molecule has 1 atom stereocenters. The second-order valence-corrected chi connectivity index (χ2v) is 8.03. The number of aryl methyl sites for hydroxylation is 1. The Bertz CT molecular complexity index is 684. The van der Waals surface area contributed by atoms with Gasteiger partial charge in [0.25, 0.3) is 0 Å². The highest BCUT2D eigenvalue weighted by Gasteiger charge is 2.30. The summed E-state index contributed by atoms with van der Waals surface area (Å²) in [6, 6.07) is 1.35. The zero-order valence-corrected chi connectivity index (χ0v) is 13.4. The number of rotatable bonds is 6. The number of carbonyl (C=O) groups excluding carboxylic acids is 1. The van der Waals surface area contributed by atoms with E-state index >= 15 is 0 Å². The zero-order valence-electron chi connectivity index (χ0n) is 11.7. The van der Waals surface area contributed by atoms with Gasteiger partial charge in [0.2, 0.25) is 5.91 Å². The molecular formula is C15H17NO3S2. The summed E-state index contributed by atoms with van der Waals surface area (Å²) in [7, 11) is 0. The van der Waals surface area contributed by atoms with Crippen molar-refractivity contribution >= 4 is 43.9 Å². The lowest BCUT2D eigenvalue weighted by atomic mass is 10.1. The van der Waals surface area contributed by atoms with Gasteiger partial charge >= 0.3 is 5.97 Å². The Morgan fingerprint density at radius 2 is 2.24 bits per heavy atom. The maximum atomic E-state index is 12.1. The van der Waals surface area contributed by atoms with E-state index in [-0.39, 0.29) is 12.3 Å². The molecular weight excluding hydrogens is 306 g/mol. The Morgan fingerprint density at radius 3 is 2.90 bits per heavy atom. The number of carbonyl (C=O) groups is 2. The number of fused-ring (bicyclic) bond motifs is 1. The van der Waals surface area contributed by atoms with Gasteiger partial charge < -0.3 is 10.4 Å². The number of carboxylic acid groups (broad SMARTS) is 1. The summed E-state index contributed by atoms with van der Waals surface area (Å²) in [4.78, 5) is 24.5. The second-order valence-electron chi connectivity index (χ2n) is 5.63. The third-order valence-electron chi connectivity index (χ3n) is 3.73. The van der Waals surface area contributed by atoms with Crippen LogP contribution < -0.4 is 5.32 Å². The van der Waals surface area contributed by atoms with Gasteiger partial charge in [-0.25, -0.2) is 4.79 Å². The lowest BCUT2D eigenvalue weighted by Gasteiger charge is -2.13. The molecule has 21 heavy (non-hydrogen) atoms. The first-order chi connectivity index (χ1) is 10.0. The fraction of sp³-hybridized carbons (Fsp3) is 0.467. The molecule has 0 radical (unpaired) electrons. The zero-order chi connectivity index (χ0) is 15.0. The molecule has 2 N–H and O–H groups in total. The number of amides is 1. The van der Waals surface area contributed by atoms with Crippen molar-refractivity contribution in [2.24, 2.45) is 5.92 Å². The number of hydrogen-bond acceptors (Lipinski definition) is 4. The highest BCUT2D eigenvalue weighted by atomic mass is 32.2. The SMILES string of the molecule is Cc1cc2c(CC(=O)NC(CC3CC3)C(=O)O)csc2s1. The van der Waals surface area contributed by atoms with E-state index in [1.807, 2.05) is 5.38 Å². The van der Waals surface area contributed by atoms with E-state index in [4.69, 9.17) is 0 Å². The molecule has 6 heteroatoms. The van der Waals surface area contributed by atoms with Crippen molar-refractivity contribution in [2.75, 3.05) is 0 Å². The van der Waals surface area contributed by atoms with E-state index in [0.717, 1.165) is 23.8 Å². The molecule has 1 amide bonds. The van der Waals surface area contributed by atoms with Crippen LogP contribution >= 0.6 is 22.7 Å². The van der Waals surface area contributed by atoms with Crippen LogP contribution in [0.25, 0.3) is 9.40 Å². The first-order valence-electron chi connectivity index (χ1n) is 7.01. The van der Waals surface area contributed by atoms with Crippen LogP contribution in [0.3, 0.4) is 0 Å². The quantitative estimate of drug-likeness (QED) is 0.858. The van der Waals surface area contributed by atoms with Gasteiger partial charge in [-0.2, -0.15) is 0 Å². The fourth-order valence-electron chi connectivity index (χ4n) is 2.46. The van der Waals surface area contributed by atoms with E-state index in [1.54, 1.807) is 22.7 Å². The van der Waals surface area contributed by atoms with Gasteiger partial charge in [-0.15, -0.1) is 22.7 Å². The van der Waals surface area contributed by atoms with Crippen LogP contribution in [0.1, 0.15) is 29.7 Å². The van der Waals surface area contributed by atoms with Gasteiger partial charge in [-0.1, -0.05) is 12.8 Å². The molecule has 1 fully saturated rings.